The van der Waals surface area contributed by atoms with Crippen molar-refractivity contribution < 1.29 is 10.2 Å². The summed E-state index contributed by atoms with van der Waals surface area (Å²) >= 11 is 0. The van der Waals surface area contributed by atoms with Crippen molar-refractivity contribution in [2.45, 2.75) is 52.1 Å². The molecule has 0 aliphatic heterocycles. The summed E-state index contributed by atoms with van der Waals surface area (Å²) in [7, 11) is 0. The second kappa shape index (κ2) is 5.28. The number of aliphatic hydroxyl groups excluding tert-OH is 2. The van der Waals surface area contributed by atoms with E-state index in [2.05, 4.69) is 26.1 Å². The lowest BCUT2D eigenvalue weighted by molar-refractivity contribution is 0.111. The SMILES string of the molecule is C[C@@H]1C[C@@H](NC(CO)CO)CC(C)(C)C1. The zero-order valence-electron chi connectivity index (χ0n) is 10.2. The van der Waals surface area contributed by atoms with Gasteiger partial charge < -0.3 is 15.5 Å². The van der Waals surface area contributed by atoms with Crippen LogP contribution in [-0.2, 0) is 0 Å². The Labute approximate surface area is 92.9 Å². The molecule has 1 aliphatic carbocycles. The maximum absolute atomic E-state index is 9.03. The van der Waals surface area contributed by atoms with Crippen molar-refractivity contribution in [3.05, 3.63) is 0 Å². The van der Waals surface area contributed by atoms with Crippen LogP contribution in [-0.4, -0.2) is 35.5 Å². The molecule has 0 aromatic rings. The minimum atomic E-state index is -0.156. The Hall–Kier alpha value is -0.120. The number of nitrogens with one attached hydrogen (secondary N) is 1. The molecule has 0 unspecified atom stereocenters. The molecule has 3 N–H and O–H groups in total. The first-order valence-corrected chi connectivity index (χ1v) is 5.94. The molecule has 1 rings (SSSR count). The van der Waals surface area contributed by atoms with Crippen LogP contribution in [0.2, 0.25) is 0 Å². The molecular weight excluding hydrogens is 190 g/mol. The molecule has 0 bridgehead atoms. The van der Waals surface area contributed by atoms with Crippen LogP contribution >= 0.6 is 0 Å². The van der Waals surface area contributed by atoms with Gasteiger partial charge in [-0.15, -0.1) is 0 Å². The van der Waals surface area contributed by atoms with Crippen LogP contribution < -0.4 is 5.32 Å². The zero-order chi connectivity index (χ0) is 11.5. The minimum absolute atomic E-state index is 0.0157. The van der Waals surface area contributed by atoms with Crippen LogP contribution in [0.5, 0.6) is 0 Å². The summed E-state index contributed by atoms with van der Waals surface area (Å²) in [5, 5.41) is 21.4. The molecule has 1 aliphatic rings. The molecule has 15 heavy (non-hydrogen) atoms. The normalized spacial score (nSPS) is 30.8. The van der Waals surface area contributed by atoms with Gasteiger partial charge in [-0.3, -0.25) is 0 Å². The first kappa shape index (κ1) is 12.9. The highest BCUT2D eigenvalue weighted by atomic mass is 16.3. The van der Waals surface area contributed by atoms with Crippen molar-refractivity contribution >= 4 is 0 Å². The van der Waals surface area contributed by atoms with Gasteiger partial charge in [0.05, 0.1) is 19.3 Å². The second-order valence-electron chi connectivity index (χ2n) is 5.84. The second-order valence-corrected chi connectivity index (χ2v) is 5.84. The van der Waals surface area contributed by atoms with Gasteiger partial charge in [0.2, 0.25) is 0 Å². The third-order valence-corrected chi connectivity index (χ3v) is 3.30. The molecule has 0 radical (unpaired) electrons. The van der Waals surface area contributed by atoms with E-state index in [0.717, 1.165) is 18.8 Å². The summed E-state index contributed by atoms with van der Waals surface area (Å²) in [5.41, 5.74) is 0.380. The fourth-order valence-corrected chi connectivity index (χ4v) is 2.97. The van der Waals surface area contributed by atoms with Crippen LogP contribution in [0.15, 0.2) is 0 Å². The Kier molecular flexibility index (Phi) is 4.56. The van der Waals surface area contributed by atoms with E-state index in [9.17, 15) is 0 Å². The van der Waals surface area contributed by atoms with E-state index in [1.54, 1.807) is 0 Å². The maximum atomic E-state index is 9.03. The van der Waals surface area contributed by atoms with Crippen molar-refractivity contribution in [2.24, 2.45) is 11.3 Å². The minimum Gasteiger partial charge on any atom is -0.395 e. The van der Waals surface area contributed by atoms with Gasteiger partial charge in [-0.1, -0.05) is 20.8 Å². The first-order valence-electron chi connectivity index (χ1n) is 5.94. The Bertz CT molecular complexity index is 190. The molecule has 1 saturated carbocycles. The highest BCUT2D eigenvalue weighted by Crippen LogP contribution is 2.38. The van der Waals surface area contributed by atoms with Crippen LogP contribution in [0.3, 0.4) is 0 Å². The summed E-state index contributed by atoms with van der Waals surface area (Å²) in [4.78, 5) is 0. The van der Waals surface area contributed by atoms with Crippen LogP contribution in [0.1, 0.15) is 40.0 Å². The average molecular weight is 215 g/mol. The van der Waals surface area contributed by atoms with E-state index < -0.39 is 0 Å². The smallest absolute Gasteiger partial charge is 0.0607 e. The molecule has 0 aromatic carbocycles. The van der Waals surface area contributed by atoms with Gasteiger partial charge in [-0.05, 0) is 30.6 Å². The Balaban J connectivity index is 2.47. The fraction of sp³-hybridized carbons (Fsp3) is 1.00. The Morgan fingerprint density at radius 3 is 2.33 bits per heavy atom. The van der Waals surface area contributed by atoms with Gasteiger partial charge in [0.15, 0.2) is 0 Å². The lowest BCUT2D eigenvalue weighted by Crippen LogP contribution is -2.47. The summed E-state index contributed by atoms with van der Waals surface area (Å²) in [5.74, 6) is 0.726. The van der Waals surface area contributed by atoms with Crippen molar-refractivity contribution in [3.63, 3.8) is 0 Å². The van der Waals surface area contributed by atoms with Crippen molar-refractivity contribution in [2.75, 3.05) is 13.2 Å². The molecule has 1 fully saturated rings. The molecule has 0 saturated heterocycles. The monoisotopic (exact) mass is 215 g/mol. The van der Waals surface area contributed by atoms with Gasteiger partial charge in [0.25, 0.3) is 0 Å². The van der Waals surface area contributed by atoms with Crippen molar-refractivity contribution in [3.8, 4) is 0 Å². The highest BCUT2D eigenvalue weighted by Gasteiger charge is 2.32. The van der Waals surface area contributed by atoms with Gasteiger partial charge in [0.1, 0.15) is 0 Å². The first-order chi connectivity index (χ1) is 6.96. The quantitative estimate of drug-likeness (QED) is 0.659. The summed E-state index contributed by atoms with van der Waals surface area (Å²) < 4.78 is 0. The van der Waals surface area contributed by atoms with E-state index in [0.29, 0.717) is 11.5 Å². The Morgan fingerprint density at radius 1 is 1.27 bits per heavy atom. The molecule has 0 heterocycles. The van der Waals surface area contributed by atoms with Gasteiger partial charge in [-0.2, -0.15) is 0 Å². The number of hydrogen-bond acceptors (Lipinski definition) is 3. The van der Waals surface area contributed by atoms with E-state index in [-0.39, 0.29) is 19.3 Å². The van der Waals surface area contributed by atoms with Crippen LogP contribution in [0, 0.1) is 11.3 Å². The average Bonchev–Trinajstić information content (AvgIpc) is 2.10. The molecule has 0 amide bonds. The predicted molar refractivity (Wildman–Crippen MR) is 61.7 cm³/mol. The molecule has 3 nitrogen and oxygen atoms in total. The van der Waals surface area contributed by atoms with Crippen LogP contribution in [0.4, 0.5) is 0 Å². The standard InChI is InChI=1S/C12H25NO2/c1-9-4-10(6-12(2,3)5-9)13-11(7-14)8-15/h9-11,13-15H,4-8H2,1-3H3/t9-,10-/m1/s1. The van der Waals surface area contributed by atoms with E-state index in [1.165, 1.54) is 6.42 Å². The van der Waals surface area contributed by atoms with Crippen LogP contribution in [0.25, 0.3) is 0 Å². The van der Waals surface area contributed by atoms with Gasteiger partial charge in [-0.25, -0.2) is 0 Å². The molecular formula is C12H25NO2. The number of hydrogen-bond donors (Lipinski definition) is 3. The van der Waals surface area contributed by atoms with E-state index >= 15 is 0 Å². The molecule has 90 valence electrons. The van der Waals surface area contributed by atoms with E-state index in [1.807, 2.05) is 0 Å². The third kappa shape index (κ3) is 4.09. The molecule has 3 heteroatoms. The molecule has 0 aromatic heterocycles. The predicted octanol–water partition coefficient (Wildman–Crippen LogP) is 1.14. The summed E-state index contributed by atoms with van der Waals surface area (Å²) in [6.07, 6.45) is 3.56. The third-order valence-electron chi connectivity index (χ3n) is 3.30. The fourth-order valence-electron chi connectivity index (χ4n) is 2.97. The highest BCUT2D eigenvalue weighted by molar-refractivity contribution is 4.88. The molecule has 2 atom stereocenters. The largest absolute Gasteiger partial charge is 0.395 e. The van der Waals surface area contributed by atoms with E-state index in [4.69, 9.17) is 10.2 Å². The Morgan fingerprint density at radius 2 is 1.87 bits per heavy atom. The number of rotatable bonds is 4. The van der Waals surface area contributed by atoms with Gasteiger partial charge >= 0.3 is 0 Å². The van der Waals surface area contributed by atoms with Crippen molar-refractivity contribution in [1.82, 2.24) is 5.32 Å². The topological polar surface area (TPSA) is 52.5 Å². The molecule has 0 spiro atoms. The number of aliphatic hydroxyl groups is 2. The maximum Gasteiger partial charge on any atom is 0.0607 e. The lowest BCUT2D eigenvalue weighted by atomic mass is 9.70. The summed E-state index contributed by atoms with van der Waals surface area (Å²) in [6, 6.07) is 0.282. The summed E-state index contributed by atoms with van der Waals surface area (Å²) in [6.45, 7) is 6.90. The van der Waals surface area contributed by atoms with Gasteiger partial charge in [0, 0.05) is 6.04 Å². The zero-order valence-corrected chi connectivity index (χ0v) is 10.2. The van der Waals surface area contributed by atoms with Crippen molar-refractivity contribution in [1.29, 1.82) is 0 Å². The lowest BCUT2D eigenvalue weighted by Gasteiger charge is -2.40.